The van der Waals surface area contributed by atoms with E-state index in [1.807, 2.05) is 0 Å². The van der Waals surface area contributed by atoms with Crippen molar-refractivity contribution in [3.63, 3.8) is 0 Å². The topological polar surface area (TPSA) is 123 Å². The summed E-state index contributed by atoms with van der Waals surface area (Å²) in [5.74, 6) is -0.242. The Morgan fingerprint density at radius 2 is 1.94 bits per heavy atom. The van der Waals surface area contributed by atoms with Gasteiger partial charge in [0.05, 0.1) is 13.7 Å². The molecule has 0 saturated heterocycles. The summed E-state index contributed by atoms with van der Waals surface area (Å²) >= 11 is 0. The molecule has 0 atom stereocenters. The van der Waals surface area contributed by atoms with Crippen LogP contribution in [0.3, 0.4) is 0 Å². The summed E-state index contributed by atoms with van der Waals surface area (Å²) in [5.41, 5.74) is 11.0. The maximum atomic E-state index is 10.9. The normalized spacial score (nSPS) is 9.62. The first-order chi connectivity index (χ1) is 7.58. The Kier molecular flexibility index (Phi) is 3.70. The Hall–Kier alpha value is -2.25. The number of carbonyl (C=O) groups is 1. The highest BCUT2D eigenvalue weighted by molar-refractivity contribution is 5.68. The van der Waals surface area contributed by atoms with Crippen LogP contribution in [0.2, 0.25) is 0 Å². The smallest absolute Gasteiger partial charge is 0.476 e. The molecule has 8 nitrogen and oxygen atoms in total. The summed E-state index contributed by atoms with van der Waals surface area (Å²) < 4.78 is 14.0. The molecule has 1 rings (SSSR count). The van der Waals surface area contributed by atoms with Gasteiger partial charge in [0, 0.05) is 0 Å². The second-order valence-electron chi connectivity index (χ2n) is 2.59. The predicted octanol–water partition coefficient (Wildman–Crippen LogP) is 0.185. The zero-order chi connectivity index (χ0) is 12.1. The van der Waals surface area contributed by atoms with Crippen molar-refractivity contribution in [2.24, 2.45) is 0 Å². The summed E-state index contributed by atoms with van der Waals surface area (Å²) in [5, 5.41) is 0. The number of nitrogen functional groups attached to an aromatic ring is 2. The largest absolute Gasteiger partial charge is 0.514 e. The molecule has 88 valence electrons. The Morgan fingerprint density at radius 3 is 2.50 bits per heavy atom. The SMILES string of the molecule is CCOc1nc(N)nc(OC(=O)OC)c1N. The van der Waals surface area contributed by atoms with E-state index in [0.717, 1.165) is 7.11 Å². The molecule has 0 fully saturated rings. The second kappa shape index (κ2) is 5.01. The summed E-state index contributed by atoms with van der Waals surface area (Å²) in [6.45, 7) is 2.09. The highest BCUT2D eigenvalue weighted by atomic mass is 16.7. The standard InChI is InChI=1S/C8H12N4O4/c1-3-15-5-4(9)6(12-7(10)11-5)16-8(13)14-2/h3,9H2,1-2H3,(H2,10,11,12). The van der Waals surface area contributed by atoms with Gasteiger partial charge in [-0.2, -0.15) is 9.97 Å². The Morgan fingerprint density at radius 1 is 1.31 bits per heavy atom. The first-order valence-corrected chi connectivity index (χ1v) is 4.40. The van der Waals surface area contributed by atoms with Crippen molar-refractivity contribution in [1.29, 1.82) is 0 Å². The fourth-order valence-electron chi connectivity index (χ4n) is 0.890. The lowest BCUT2D eigenvalue weighted by Crippen LogP contribution is -2.13. The lowest BCUT2D eigenvalue weighted by molar-refractivity contribution is 0.120. The Balaban J connectivity index is 3.03. The molecule has 0 unspecified atom stereocenters. The number of nitrogens with zero attached hydrogens (tertiary/aromatic N) is 2. The molecule has 8 heteroatoms. The molecule has 1 aromatic heterocycles. The van der Waals surface area contributed by atoms with Gasteiger partial charge in [-0.15, -0.1) is 0 Å². The van der Waals surface area contributed by atoms with E-state index in [-0.39, 0.29) is 23.4 Å². The van der Waals surface area contributed by atoms with Gasteiger partial charge in [0.1, 0.15) is 0 Å². The van der Waals surface area contributed by atoms with E-state index in [0.29, 0.717) is 6.61 Å². The highest BCUT2D eigenvalue weighted by Gasteiger charge is 2.16. The number of carbonyl (C=O) groups excluding carboxylic acids is 1. The van der Waals surface area contributed by atoms with E-state index in [4.69, 9.17) is 16.2 Å². The van der Waals surface area contributed by atoms with Gasteiger partial charge in [-0.05, 0) is 6.92 Å². The second-order valence-corrected chi connectivity index (χ2v) is 2.59. The molecule has 1 heterocycles. The molecule has 0 amide bonds. The van der Waals surface area contributed by atoms with Gasteiger partial charge in [-0.3, -0.25) is 0 Å². The Labute approximate surface area is 91.5 Å². The van der Waals surface area contributed by atoms with Gasteiger partial charge in [-0.1, -0.05) is 0 Å². The number of hydrogen-bond donors (Lipinski definition) is 2. The van der Waals surface area contributed by atoms with Gasteiger partial charge >= 0.3 is 6.16 Å². The number of rotatable bonds is 3. The monoisotopic (exact) mass is 228 g/mol. The number of nitrogens with two attached hydrogens (primary N) is 2. The molecule has 4 N–H and O–H groups in total. The van der Waals surface area contributed by atoms with Crippen LogP contribution in [0.25, 0.3) is 0 Å². The number of hydrogen-bond acceptors (Lipinski definition) is 8. The fraction of sp³-hybridized carbons (Fsp3) is 0.375. The van der Waals surface area contributed by atoms with Crippen LogP contribution in [0, 0.1) is 0 Å². The number of aromatic nitrogens is 2. The van der Waals surface area contributed by atoms with E-state index in [9.17, 15) is 4.79 Å². The zero-order valence-electron chi connectivity index (χ0n) is 8.89. The van der Waals surface area contributed by atoms with Crippen LogP contribution in [0.1, 0.15) is 6.92 Å². The van der Waals surface area contributed by atoms with Crippen LogP contribution in [0.4, 0.5) is 16.4 Å². The van der Waals surface area contributed by atoms with Crippen molar-refractivity contribution in [2.75, 3.05) is 25.2 Å². The molecule has 0 spiro atoms. The highest BCUT2D eigenvalue weighted by Crippen LogP contribution is 2.28. The Bertz CT molecular complexity index is 396. The van der Waals surface area contributed by atoms with Crippen molar-refractivity contribution in [3.8, 4) is 11.8 Å². The molecular formula is C8H12N4O4. The first kappa shape index (κ1) is 11.8. The molecule has 16 heavy (non-hydrogen) atoms. The number of anilines is 2. The third-order valence-electron chi connectivity index (χ3n) is 1.52. The maximum absolute atomic E-state index is 10.9. The van der Waals surface area contributed by atoms with Crippen molar-refractivity contribution in [3.05, 3.63) is 0 Å². The van der Waals surface area contributed by atoms with E-state index in [1.165, 1.54) is 0 Å². The molecule has 0 bridgehead atoms. The van der Waals surface area contributed by atoms with E-state index in [2.05, 4.69) is 19.4 Å². The third-order valence-corrected chi connectivity index (χ3v) is 1.52. The van der Waals surface area contributed by atoms with E-state index >= 15 is 0 Å². The number of ether oxygens (including phenoxy) is 3. The van der Waals surface area contributed by atoms with Gasteiger partial charge in [0.2, 0.25) is 11.8 Å². The van der Waals surface area contributed by atoms with Crippen molar-refractivity contribution >= 4 is 17.8 Å². The third kappa shape index (κ3) is 2.62. The van der Waals surface area contributed by atoms with E-state index in [1.54, 1.807) is 6.92 Å². The summed E-state index contributed by atoms with van der Waals surface area (Å²) in [6.07, 6.45) is -0.952. The van der Waals surface area contributed by atoms with Crippen LogP contribution in [0.15, 0.2) is 0 Å². The van der Waals surface area contributed by atoms with Gasteiger partial charge in [0.15, 0.2) is 5.69 Å². The molecule has 0 saturated carbocycles. The van der Waals surface area contributed by atoms with Crippen LogP contribution in [-0.4, -0.2) is 29.8 Å². The molecule has 0 aliphatic rings. The average Bonchev–Trinajstić information content (AvgIpc) is 2.25. The van der Waals surface area contributed by atoms with Gasteiger partial charge < -0.3 is 25.7 Å². The lowest BCUT2D eigenvalue weighted by atomic mass is 10.5. The molecule has 0 aliphatic carbocycles. The van der Waals surface area contributed by atoms with Gasteiger partial charge in [-0.25, -0.2) is 4.79 Å². The molecule has 0 radical (unpaired) electrons. The minimum Gasteiger partial charge on any atom is -0.476 e. The summed E-state index contributed by atoms with van der Waals surface area (Å²) in [4.78, 5) is 18.3. The molecule has 1 aromatic rings. The first-order valence-electron chi connectivity index (χ1n) is 4.40. The van der Waals surface area contributed by atoms with Crippen LogP contribution in [0.5, 0.6) is 11.8 Å². The summed E-state index contributed by atoms with van der Waals surface area (Å²) in [6, 6.07) is 0. The van der Waals surface area contributed by atoms with Crippen molar-refractivity contribution in [1.82, 2.24) is 9.97 Å². The molecule has 0 aliphatic heterocycles. The maximum Gasteiger partial charge on any atom is 0.514 e. The quantitative estimate of drug-likeness (QED) is 0.702. The number of methoxy groups -OCH3 is 1. The average molecular weight is 228 g/mol. The van der Waals surface area contributed by atoms with Crippen LogP contribution >= 0.6 is 0 Å². The minimum absolute atomic E-state index is 0.0125. The minimum atomic E-state index is -0.952. The van der Waals surface area contributed by atoms with Crippen molar-refractivity contribution < 1.29 is 19.0 Å². The lowest BCUT2D eigenvalue weighted by Gasteiger charge is -2.09. The fourth-order valence-corrected chi connectivity index (χ4v) is 0.890. The molecule has 0 aromatic carbocycles. The molecular weight excluding hydrogens is 216 g/mol. The van der Waals surface area contributed by atoms with E-state index < -0.39 is 6.16 Å². The zero-order valence-corrected chi connectivity index (χ0v) is 8.89. The summed E-state index contributed by atoms with van der Waals surface area (Å²) in [7, 11) is 1.16. The van der Waals surface area contributed by atoms with Gasteiger partial charge in [0.25, 0.3) is 5.88 Å². The van der Waals surface area contributed by atoms with Crippen molar-refractivity contribution in [2.45, 2.75) is 6.92 Å². The predicted molar refractivity (Wildman–Crippen MR) is 55.1 cm³/mol. The van der Waals surface area contributed by atoms with Crippen LogP contribution in [-0.2, 0) is 4.74 Å². The van der Waals surface area contributed by atoms with Crippen LogP contribution < -0.4 is 20.9 Å².